The van der Waals surface area contributed by atoms with Gasteiger partial charge in [-0.1, -0.05) is 18.6 Å². The van der Waals surface area contributed by atoms with E-state index in [1.807, 2.05) is 6.92 Å². The van der Waals surface area contributed by atoms with Gasteiger partial charge in [-0.3, -0.25) is 4.79 Å². The lowest BCUT2D eigenvalue weighted by molar-refractivity contribution is 0.0913. The molecule has 3 heteroatoms. The highest BCUT2D eigenvalue weighted by Gasteiger charge is 2.23. The zero-order valence-corrected chi connectivity index (χ0v) is 12.2. The van der Waals surface area contributed by atoms with Crippen molar-refractivity contribution in [3.05, 3.63) is 34.8 Å². The molecule has 0 radical (unpaired) electrons. The molecule has 1 aliphatic carbocycles. The van der Waals surface area contributed by atoms with E-state index in [9.17, 15) is 4.79 Å². The third kappa shape index (κ3) is 3.16. The number of fused-ring (bicyclic) bond motifs is 1. The molecule has 0 fully saturated rings. The van der Waals surface area contributed by atoms with Crippen molar-refractivity contribution in [3.63, 3.8) is 0 Å². The number of hydrogen-bond acceptors (Lipinski definition) is 3. The number of carbonyl (C=O) groups excluding carboxylic acids is 1. The lowest BCUT2D eigenvalue weighted by Crippen LogP contribution is -2.18. The standard InChI is InChI=1S/C16H22O3/c1-10-5-13(18-4)6-11(2)8-15-16(14(17)7-10)12(3)9-19-15/h6,9-10,13H,5,7-8H2,1-4H3/b11-6-/t10-,13-/m1/s1. The van der Waals surface area contributed by atoms with Gasteiger partial charge in [-0.05, 0) is 31.7 Å². The van der Waals surface area contributed by atoms with Crippen molar-refractivity contribution < 1.29 is 13.9 Å². The lowest BCUT2D eigenvalue weighted by Gasteiger charge is -2.19. The minimum atomic E-state index is 0.0837. The van der Waals surface area contributed by atoms with Gasteiger partial charge in [0, 0.05) is 20.0 Å². The normalized spacial score (nSPS) is 27.6. The molecule has 19 heavy (non-hydrogen) atoms. The van der Waals surface area contributed by atoms with Crippen LogP contribution in [0.1, 0.15) is 48.4 Å². The minimum Gasteiger partial charge on any atom is -0.468 e. The number of ether oxygens (including phenoxy) is 1. The van der Waals surface area contributed by atoms with Crippen LogP contribution in [0.4, 0.5) is 0 Å². The van der Waals surface area contributed by atoms with E-state index < -0.39 is 0 Å². The van der Waals surface area contributed by atoms with Crippen molar-refractivity contribution in [1.29, 1.82) is 0 Å². The molecule has 1 heterocycles. The van der Waals surface area contributed by atoms with E-state index >= 15 is 0 Å². The first-order chi connectivity index (χ1) is 9.01. The second kappa shape index (κ2) is 5.74. The summed E-state index contributed by atoms with van der Waals surface area (Å²) in [6, 6.07) is 0. The van der Waals surface area contributed by atoms with E-state index in [2.05, 4.69) is 19.9 Å². The van der Waals surface area contributed by atoms with Crippen LogP contribution in [0.2, 0.25) is 0 Å². The topological polar surface area (TPSA) is 39.4 Å². The molecule has 1 aromatic heterocycles. The summed E-state index contributed by atoms with van der Waals surface area (Å²) in [7, 11) is 1.72. The Hall–Kier alpha value is -1.35. The van der Waals surface area contributed by atoms with Gasteiger partial charge >= 0.3 is 0 Å². The van der Waals surface area contributed by atoms with Crippen LogP contribution in [0.15, 0.2) is 22.3 Å². The van der Waals surface area contributed by atoms with Crippen LogP contribution in [-0.2, 0) is 11.2 Å². The summed E-state index contributed by atoms with van der Waals surface area (Å²) in [5, 5.41) is 0. The van der Waals surface area contributed by atoms with E-state index in [0.717, 1.165) is 23.3 Å². The minimum absolute atomic E-state index is 0.0837. The zero-order valence-electron chi connectivity index (χ0n) is 12.2. The van der Waals surface area contributed by atoms with Crippen molar-refractivity contribution in [2.24, 2.45) is 5.92 Å². The number of furan rings is 1. The van der Waals surface area contributed by atoms with E-state index in [1.165, 1.54) is 5.57 Å². The van der Waals surface area contributed by atoms with E-state index in [4.69, 9.17) is 9.15 Å². The molecule has 0 unspecified atom stereocenters. The van der Waals surface area contributed by atoms with Gasteiger partial charge in [0.2, 0.25) is 0 Å². The maximum absolute atomic E-state index is 12.4. The van der Waals surface area contributed by atoms with Crippen LogP contribution in [0.25, 0.3) is 0 Å². The maximum atomic E-state index is 12.4. The van der Waals surface area contributed by atoms with Crippen LogP contribution in [0.3, 0.4) is 0 Å². The molecule has 0 aromatic carbocycles. The van der Waals surface area contributed by atoms with Crippen LogP contribution in [0.5, 0.6) is 0 Å². The molecular formula is C16H22O3. The van der Waals surface area contributed by atoms with E-state index in [-0.39, 0.29) is 11.9 Å². The average Bonchev–Trinajstić information content (AvgIpc) is 2.68. The monoisotopic (exact) mass is 262 g/mol. The van der Waals surface area contributed by atoms with Crippen molar-refractivity contribution in [2.45, 2.75) is 46.1 Å². The molecule has 0 saturated carbocycles. The fourth-order valence-corrected chi connectivity index (χ4v) is 2.76. The van der Waals surface area contributed by atoms with Crippen LogP contribution < -0.4 is 0 Å². The molecule has 0 saturated heterocycles. The molecule has 3 nitrogen and oxygen atoms in total. The first-order valence-corrected chi connectivity index (χ1v) is 6.81. The Balaban J connectivity index is 2.40. The summed E-state index contributed by atoms with van der Waals surface area (Å²) < 4.78 is 11.0. The molecule has 2 rings (SSSR count). The molecule has 104 valence electrons. The molecular weight excluding hydrogens is 240 g/mol. The number of ketones is 1. The molecule has 2 atom stereocenters. The van der Waals surface area contributed by atoms with Gasteiger partial charge in [0.15, 0.2) is 5.78 Å². The number of Topliss-reactive ketones (excluding diaryl/α,β-unsaturated/α-hetero) is 1. The first kappa shape index (κ1) is 14.1. The van der Waals surface area contributed by atoms with Crippen LogP contribution in [0, 0.1) is 12.8 Å². The fourth-order valence-electron chi connectivity index (χ4n) is 2.76. The van der Waals surface area contributed by atoms with Gasteiger partial charge in [0.1, 0.15) is 5.76 Å². The van der Waals surface area contributed by atoms with Gasteiger partial charge in [0.05, 0.1) is 17.9 Å². The van der Waals surface area contributed by atoms with Gasteiger partial charge in [-0.25, -0.2) is 0 Å². The molecule has 0 spiro atoms. The Bertz CT molecular complexity index is 496. The number of hydrogen-bond donors (Lipinski definition) is 0. The molecule has 0 N–H and O–H groups in total. The molecule has 1 aromatic rings. The zero-order chi connectivity index (χ0) is 14.0. The summed E-state index contributed by atoms with van der Waals surface area (Å²) in [5.41, 5.74) is 2.92. The number of aryl methyl sites for hydroxylation is 1. The van der Waals surface area contributed by atoms with Crippen molar-refractivity contribution in [2.75, 3.05) is 7.11 Å². The van der Waals surface area contributed by atoms with Crippen molar-refractivity contribution in [3.8, 4) is 0 Å². The predicted octanol–water partition coefficient (Wildman–Crippen LogP) is 3.70. The summed E-state index contributed by atoms with van der Waals surface area (Å²) in [4.78, 5) is 12.4. The summed E-state index contributed by atoms with van der Waals surface area (Å²) in [6.45, 7) is 6.10. The highest BCUT2D eigenvalue weighted by atomic mass is 16.5. The van der Waals surface area contributed by atoms with Crippen LogP contribution in [-0.4, -0.2) is 19.0 Å². The molecule has 0 aliphatic heterocycles. The fraction of sp³-hybridized carbons (Fsp3) is 0.562. The summed E-state index contributed by atoms with van der Waals surface area (Å²) >= 11 is 0. The summed E-state index contributed by atoms with van der Waals surface area (Å²) in [5.74, 6) is 1.29. The highest BCUT2D eigenvalue weighted by molar-refractivity contribution is 5.98. The quantitative estimate of drug-likeness (QED) is 0.724. The number of rotatable bonds is 1. The van der Waals surface area contributed by atoms with Gasteiger partial charge in [-0.2, -0.15) is 0 Å². The molecule has 0 bridgehead atoms. The Morgan fingerprint density at radius 3 is 2.79 bits per heavy atom. The number of carbonyl (C=O) groups is 1. The second-order valence-corrected chi connectivity index (χ2v) is 5.65. The Morgan fingerprint density at radius 2 is 2.11 bits per heavy atom. The lowest BCUT2D eigenvalue weighted by atomic mass is 9.90. The van der Waals surface area contributed by atoms with Crippen molar-refractivity contribution >= 4 is 5.78 Å². The summed E-state index contributed by atoms with van der Waals surface area (Å²) in [6.07, 6.45) is 6.04. The van der Waals surface area contributed by atoms with E-state index in [1.54, 1.807) is 13.4 Å². The predicted molar refractivity (Wildman–Crippen MR) is 74.4 cm³/mol. The van der Waals surface area contributed by atoms with E-state index in [0.29, 0.717) is 18.8 Å². The average molecular weight is 262 g/mol. The molecule has 1 aliphatic rings. The molecule has 0 amide bonds. The number of allylic oxidation sites excluding steroid dienone is 1. The van der Waals surface area contributed by atoms with Gasteiger partial charge in [-0.15, -0.1) is 0 Å². The second-order valence-electron chi connectivity index (χ2n) is 5.65. The highest BCUT2D eigenvalue weighted by Crippen LogP contribution is 2.26. The Kier molecular flexibility index (Phi) is 4.25. The first-order valence-electron chi connectivity index (χ1n) is 6.81. The maximum Gasteiger partial charge on any atom is 0.166 e. The number of methoxy groups -OCH3 is 1. The van der Waals surface area contributed by atoms with Gasteiger partial charge < -0.3 is 9.15 Å². The third-order valence-electron chi connectivity index (χ3n) is 3.71. The van der Waals surface area contributed by atoms with Gasteiger partial charge in [0.25, 0.3) is 0 Å². The SMILES string of the molecule is CO[C@H]1/C=C(/C)Cc2occ(C)c2C(=O)C[C@H](C)C1. The van der Waals surface area contributed by atoms with Crippen molar-refractivity contribution in [1.82, 2.24) is 0 Å². The largest absolute Gasteiger partial charge is 0.468 e. The Morgan fingerprint density at radius 1 is 1.37 bits per heavy atom. The smallest absolute Gasteiger partial charge is 0.166 e. The third-order valence-corrected chi connectivity index (χ3v) is 3.71. The Labute approximate surface area is 114 Å². The van der Waals surface area contributed by atoms with Crippen LogP contribution >= 0.6 is 0 Å².